The molecule has 0 fully saturated rings. The fraction of sp³-hybridized carbons (Fsp3) is 0.222. The molecule has 122 valence electrons. The first kappa shape index (κ1) is 14.6. The van der Waals surface area contributed by atoms with Crippen LogP contribution in [0.5, 0.6) is 0 Å². The minimum atomic E-state index is -0.0144. The predicted octanol–water partition coefficient (Wildman–Crippen LogP) is 2.45. The van der Waals surface area contributed by atoms with Crippen molar-refractivity contribution in [1.82, 2.24) is 18.5 Å². The summed E-state index contributed by atoms with van der Waals surface area (Å²) in [5.74, 6) is 0. The summed E-state index contributed by atoms with van der Waals surface area (Å²) in [6, 6.07) is 10.0. The maximum absolute atomic E-state index is 12.0. The van der Waals surface area contributed by atoms with Crippen LogP contribution in [0.2, 0.25) is 0 Å². The van der Waals surface area contributed by atoms with Gasteiger partial charge in [0.15, 0.2) is 0 Å². The van der Waals surface area contributed by atoms with Crippen molar-refractivity contribution in [3.05, 3.63) is 64.5 Å². The van der Waals surface area contributed by atoms with E-state index >= 15 is 0 Å². The van der Waals surface area contributed by atoms with E-state index in [1.807, 2.05) is 30.5 Å². The topological polar surface area (TPSA) is 56.3 Å². The van der Waals surface area contributed by atoms with Gasteiger partial charge in [0.2, 0.25) is 0 Å². The molecule has 0 spiro atoms. The van der Waals surface area contributed by atoms with E-state index in [0.29, 0.717) is 6.54 Å². The minimum absolute atomic E-state index is 0.0144. The third-order valence-electron chi connectivity index (χ3n) is 4.48. The number of aryl methyl sites for hydroxylation is 3. The zero-order valence-corrected chi connectivity index (χ0v) is 13.9. The summed E-state index contributed by atoms with van der Waals surface area (Å²) in [5, 5.41) is 3.42. The highest BCUT2D eigenvalue weighted by Gasteiger charge is 2.08. The van der Waals surface area contributed by atoms with Crippen LogP contribution in [0.3, 0.4) is 0 Å². The SMILES string of the molecule is Cc1ccc2ncc(CNc3ccc4c(c3)n(C)c(=O)n4C)n2c1. The van der Waals surface area contributed by atoms with E-state index in [1.165, 1.54) is 5.56 Å². The Bertz CT molecular complexity index is 1120. The number of hydrogen-bond acceptors (Lipinski definition) is 3. The molecule has 24 heavy (non-hydrogen) atoms. The Balaban J connectivity index is 1.65. The molecule has 0 atom stereocenters. The lowest BCUT2D eigenvalue weighted by molar-refractivity contribution is 0.795. The van der Waals surface area contributed by atoms with Gasteiger partial charge in [0.05, 0.1) is 29.5 Å². The molecule has 0 amide bonds. The molecule has 3 heterocycles. The van der Waals surface area contributed by atoms with Crippen LogP contribution in [0.25, 0.3) is 16.7 Å². The van der Waals surface area contributed by atoms with E-state index in [2.05, 4.69) is 33.9 Å². The number of rotatable bonds is 3. The third-order valence-corrected chi connectivity index (χ3v) is 4.48. The fourth-order valence-electron chi connectivity index (χ4n) is 3.08. The lowest BCUT2D eigenvalue weighted by Gasteiger charge is -2.07. The first-order valence-electron chi connectivity index (χ1n) is 7.86. The van der Waals surface area contributed by atoms with Gasteiger partial charge in [0, 0.05) is 26.0 Å². The number of benzene rings is 1. The Kier molecular flexibility index (Phi) is 3.19. The summed E-state index contributed by atoms with van der Waals surface area (Å²) in [6.07, 6.45) is 3.97. The van der Waals surface area contributed by atoms with Crippen LogP contribution in [-0.4, -0.2) is 18.5 Å². The molecular weight excluding hydrogens is 302 g/mol. The van der Waals surface area contributed by atoms with E-state index in [1.54, 1.807) is 23.2 Å². The normalized spacial score (nSPS) is 11.5. The van der Waals surface area contributed by atoms with Gasteiger partial charge in [0.25, 0.3) is 0 Å². The molecule has 0 bridgehead atoms. The summed E-state index contributed by atoms with van der Waals surface area (Å²) in [5.41, 5.74) is 6.04. The van der Waals surface area contributed by atoms with Crippen molar-refractivity contribution in [1.29, 1.82) is 0 Å². The summed E-state index contributed by atoms with van der Waals surface area (Å²) < 4.78 is 5.42. The van der Waals surface area contributed by atoms with Crippen LogP contribution < -0.4 is 11.0 Å². The summed E-state index contributed by atoms with van der Waals surface area (Å²) in [6.45, 7) is 2.73. The quantitative estimate of drug-likeness (QED) is 0.630. The number of imidazole rings is 2. The molecule has 0 aliphatic rings. The average Bonchev–Trinajstić information content (AvgIpc) is 3.08. The Morgan fingerprint density at radius 2 is 1.88 bits per heavy atom. The number of nitrogens with one attached hydrogen (secondary N) is 1. The molecule has 3 aromatic heterocycles. The molecule has 6 nitrogen and oxygen atoms in total. The number of fused-ring (bicyclic) bond motifs is 2. The van der Waals surface area contributed by atoms with Crippen LogP contribution in [0, 0.1) is 6.92 Å². The highest BCUT2D eigenvalue weighted by Crippen LogP contribution is 2.18. The molecule has 0 aliphatic carbocycles. The fourth-order valence-corrected chi connectivity index (χ4v) is 3.08. The van der Waals surface area contributed by atoms with Crippen LogP contribution >= 0.6 is 0 Å². The van der Waals surface area contributed by atoms with E-state index in [4.69, 9.17) is 0 Å². The molecular formula is C18H19N5O. The molecule has 0 unspecified atom stereocenters. The smallest absolute Gasteiger partial charge is 0.328 e. The van der Waals surface area contributed by atoms with Crippen molar-refractivity contribution in [2.75, 3.05) is 5.32 Å². The van der Waals surface area contributed by atoms with Gasteiger partial charge in [-0.2, -0.15) is 0 Å². The summed E-state index contributed by atoms with van der Waals surface area (Å²) in [7, 11) is 3.58. The van der Waals surface area contributed by atoms with Crippen molar-refractivity contribution < 1.29 is 0 Å². The number of aromatic nitrogens is 4. The third kappa shape index (κ3) is 2.19. The van der Waals surface area contributed by atoms with Gasteiger partial charge < -0.3 is 9.72 Å². The zero-order valence-electron chi connectivity index (χ0n) is 13.9. The molecule has 1 aromatic carbocycles. The van der Waals surface area contributed by atoms with E-state index in [0.717, 1.165) is 28.1 Å². The molecule has 4 rings (SSSR count). The first-order valence-corrected chi connectivity index (χ1v) is 7.86. The monoisotopic (exact) mass is 321 g/mol. The Morgan fingerprint density at radius 1 is 1.08 bits per heavy atom. The second-order valence-corrected chi connectivity index (χ2v) is 6.14. The standard InChI is InChI=1S/C18H19N5O/c1-12-4-7-17-20-10-14(23(17)11-12)9-19-13-5-6-15-16(8-13)22(3)18(24)21(15)2/h4-8,10-11,19H,9H2,1-3H3. The Morgan fingerprint density at radius 3 is 2.71 bits per heavy atom. The zero-order chi connectivity index (χ0) is 16.8. The van der Waals surface area contributed by atoms with Gasteiger partial charge in [-0.3, -0.25) is 9.13 Å². The number of anilines is 1. The van der Waals surface area contributed by atoms with Crippen molar-refractivity contribution in [2.24, 2.45) is 14.1 Å². The molecule has 0 radical (unpaired) electrons. The first-order chi connectivity index (χ1) is 11.5. The van der Waals surface area contributed by atoms with Crippen molar-refractivity contribution in [3.8, 4) is 0 Å². The lowest BCUT2D eigenvalue weighted by Crippen LogP contribution is -2.19. The van der Waals surface area contributed by atoms with Gasteiger partial charge in [0.1, 0.15) is 5.65 Å². The maximum atomic E-state index is 12.0. The average molecular weight is 321 g/mol. The largest absolute Gasteiger partial charge is 0.379 e. The second-order valence-electron chi connectivity index (χ2n) is 6.14. The maximum Gasteiger partial charge on any atom is 0.328 e. The van der Waals surface area contributed by atoms with Gasteiger partial charge in [-0.25, -0.2) is 9.78 Å². The van der Waals surface area contributed by atoms with Gasteiger partial charge in [-0.1, -0.05) is 6.07 Å². The molecule has 4 aromatic rings. The highest BCUT2D eigenvalue weighted by atomic mass is 16.1. The van der Waals surface area contributed by atoms with Gasteiger partial charge in [-0.15, -0.1) is 0 Å². The number of nitrogens with zero attached hydrogens (tertiary/aromatic N) is 4. The molecule has 0 saturated heterocycles. The molecule has 0 saturated carbocycles. The van der Waals surface area contributed by atoms with Gasteiger partial charge >= 0.3 is 5.69 Å². The minimum Gasteiger partial charge on any atom is -0.379 e. The molecule has 6 heteroatoms. The number of hydrogen-bond donors (Lipinski definition) is 1. The van der Waals surface area contributed by atoms with Crippen LogP contribution in [0.15, 0.2) is 47.5 Å². The van der Waals surface area contributed by atoms with E-state index < -0.39 is 0 Å². The van der Waals surface area contributed by atoms with E-state index in [-0.39, 0.29) is 5.69 Å². The van der Waals surface area contributed by atoms with Crippen LogP contribution in [-0.2, 0) is 20.6 Å². The summed E-state index contributed by atoms with van der Waals surface area (Å²) in [4.78, 5) is 16.4. The van der Waals surface area contributed by atoms with E-state index in [9.17, 15) is 4.79 Å². The Hall–Kier alpha value is -3.02. The molecule has 1 N–H and O–H groups in total. The summed E-state index contributed by atoms with van der Waals surface area (Å²) >= 11 is 0. The lowest BCUT2D eigenvalue weighted by atomic mass is 10.2. The second kappa shape index (κ2) is 5.26. The van der Waals surface area contributed by atoms with Crippen LogP contribution in [0.4, 0.5) is 5.69 Å². The number of pyridine rings is 1. The van der Waals surface area contributed by atoms with Crippen molar-refractivity contribution in [2.45, 2.75) is 13.5 Å². The van der Waals surface area contributed by atoms with Gasteiger partial charge in [-0.05, 0) is 36.8 Å². The van der Waals surface area contributed by atoms with Crippen molar-refractivity contribution in [3.63, 3.8) is 0 Å². The van der Waals surface area contributed by atoms with Crippen LogP contribution in [0.1, 0.15) is 11.3 Å². The molecule has 0 aliphatic heterocycles. The Labute approximate surface area is 139 Å². The van der Waals surface area contributed by atoms with Crippen molar-refractivity contribution >= 4 is 22.4 Å². The predicted molar refractivity (Wildman–Crippen MR) is 95.4 cm³/mol. The highest BCUT2D eigenvalue weighted by molar-refractivity contribution is 5.80.